The van der Waals surface area contributed by atoms with Gasteiger partial charge in [0.15, 0.2) is 5.96 Å². The monoisotopic (exact) mass is 505 g/mol. The van der Waals surface area contributed by atoms with E-state index in [-0.39, 0.29) is 41.2 Å². The van der Waals surface area contributed by atoms with Gasteiger partial charge >= 0.3 is 0 Å². The lowest BCUT2D eigenvalue weighted by atomic mass is 10.2. The minimum absolute atomic E-state index is 0. The van der Waals surface area contributed by atoms with E-state index in [1.807, 2.05) is 23.1 Å². The third kappa shape index (κ3) is 7.77. The second kappa shape index (κ2) is 11.6. The van der Waals surface area contributed by atoms with E-state index in [4.69, 9.17) is 0 Å². The molecule has 1 aliphatic heterocycles. The molecule has 0 unspecified atom stereocenters. The molecule has 1 saturated heterocycles. The van der Waals surface area contributed by atoms with Gasteiger partial charge < -0.3 is 20.4 Å². The van der Waals surface area contributed by atoms with Gasteiger partial charge in [0.25, 0.3) is 0 Å². The van der Waals surface area contributed by atoms with Crippen molar-refractivity contribution in [1.82, 2.24) is 15.5 Å². The van der Waals surface area contributed by atoms with E-state index >= 15 is 0 Å². The minimum atomic E-state index is 0. The van der Waals surface area contributed by atoms with E-state index in [0.29, 0.717) is 5.96 Å². The van der Waals surface area contributed by atoms with Crippen molar-refractivity contribution >= 4 is 53.3 Å². The molecule has 1 aromatic carbocycles. The van der Waals surface area contributed by atoms with Crippen LogP contribution in [0.2, 0.25) is 0 Å². The summed E-state index contributed by atoms with van der Waals surface area (Å²) >= 11 is 1.80. The number of hydrogen-bond donors (Lipinski definition) is 2. The third-order valence-corrected chi connectivity index (χ3v) is 5.87. The first-order valence-corrected chi connectivity index (χ1v) is 10.2. The van der Waals surface area contributed by atoms with Gasteiger partial charge in [0.2, 0.25) is 5.91 Å². The van der Waals surface area contributed by atoms with Crippen LogP contribution in [0.3, 0.4) is 0 Å². The lowest BCUT2D eigenvalue weighted by molar-refractivity contribution is -0.130. The fourth-order valence-corrected chi connectivity index (χ4v) is 2.93. The van der Waals surface area contributed by atoms with Crippen molar-refractivity contribution in [3.8, 4) is 0 Å². The van der Waals surface area contributed by atoms with E-state index in [1.54, 1.807) is 18.8 Å². The molecule has 27 heavy (non-hydrogen) atoms. The molecule has 2 rings (SSSR count). The Morgan fingerprint density at radius 2 is 1.78 bits per heavy atom. The number of piperazine rings is 1. The summed E-state index contributed by atoms with van der Waals surface area (Å²) in [5, 5.41) is 6.42. The highest BCUT2D eigenvalue weighted by atomic mass is 127. The average molecular weight is 505 g/mol. The third-order valence-electron chi connectivity index (χ3n) is 4.62. The van der Waals surface area contributed by atoms with E-state index in [9.17, 15) is 4.79 Å². The fraction of sp³-hybridized carbons (Fsp3) is 0.579. The molecule has 0 aromatic heterocycles. The molecule has 0 atom stereocenters. The Kier molecular flexibility index (Phi) is 10.3. The molecule has 152 valence electrons. The number of nitrogens with zero attached hydrogens (tertiary/aromatic N) is 3. The average Bonchev–Trinajstić information content (AvgIpc) is 2.68. The number of rotatable bonds is 6. The lowest BCUT2D eigenvalue weighted by Crippen LogP contribution is -2.52. The fourth-order valence-electron chi connectivity index (χ4n) is 2.71. The van der Waals surface area contributed by atoms with E-state index < -0.39 is 0 Å². The van der Waals surface area contributed by atoms with E-state index in [0.717, 1.165) is 32.7 Å². The van der Waals surface area contributed by atoms with Crippen molar-refractivity contribution in [3.63, 3.8) is 0 Å². The summed E-state index contributed by atoms with van der Waals surface area (Å²) in [4.78, 5) is 20.9. The molecular formula is C19H32IN5OS. The SMILES string of the molecule is CN=C(NCC(=O)N1CCN(c2ccccc2)CC1)NCC(C)(C)SC.I. The summed E-state index contributed by atoms with van der Waals surface area (Å²) in [6, 6.07) is 10.4. The molecule has 1 heterocycles. The number of aliphatic imine (C=N–C) groups is 1. The van der Waals surface area contributed by atoms with Gasteiger partial charge in [-0.3, -0.25) is 9.79 Å². The molecular weight excluding hydrogens is 473 g/mol. The van der Waals surface area contributed by atoms with Crippen LogP contribution in [-0.4, -0.2) is 74.1 Å². The number of guanidine groups is 1. The van der Waals surface area contributed by atoms with Gasteiger partial charge in [0.05, 0.1) is 6.54 Å². The van der Waals surface area contributed by atoms with Crippen molar-refractivity contribution in [1.29, 1.82) is 0 Å². The summed E-state index contributed by atoms with van der Waals surface area (Å²) in [7, 11) is 1.73. The maximum atomic E-state index is 12.5. The molecule has 1 aliphatic rings. The minimum Gasteiger partial charge on any atom is -0.368 e. The normalized spacial score (nSPS) is 15.2. The Bertz CT molecular complexity index is 603. The number of carbonyl (C=O) groups excluding carboxylic acids is 1. The molecule has 2 N–H and O–H groups in total. The number of nitrogens with one attached hydrogen (secondary N) is 2. The first-order chi connectivity index (χ1) is 12.4. The first-order valence-electron chi connectivity index (χ1n) is 9.02. The van der Waals surface area contributed by atoms with Gasteiger partial charge in [-0.25, -0.2) is 0 Å². The van der Waals surface area contributed by atoms with Crippen molar-refractivity contribution in [3.05, 3.63) is 30.3 Å². The molecule has 6 nitrogen and oxygen atoms in total. The molecule has 1 aromatic rings. The van der Waals surface area contributed by atoms with Gasteiger partial charge in [0.1, 0.15) is 0 Å². The number of amides is 1. The Morgan fingerprint density at radius 1 is 1.15 bits per heavy atom. The maximum absolute atomic E-state index is 12.5. The van der Waals surface area contributed by atoms with Crippen LogP contribution < -0.4 is 15.5 Å². The molecule has 0 saturated carbocycles. The zero-order chi connectivity index (χ0) is 19.0. The van der Waals surface area contributed by atoms with Gasteiger partial charge in [-0.1, -0.05) is 18.2 Å². The standard InChI is InChI=1S/C19H31N5OS.HI/c1-19(2,26-4)15-22-18(20-3)21-14-17(25)24-12-10-23(11-13-24)16-8-6-5-7-9-16;/h5-9H,10-15H2,1-4H3,(H2,20,21,22);1H. The van der Waals surface area contributed by atoms with E-state index in [2.05, 4.69) is 52.8 Å². The number of anilines is 1. The second-order valence-electron chi connectivity index (χ2n) is 6.95. The number of benzene rings is 1. The zero-order valence-electron chi connectivity index (χ0n) is 16.7. The summed E-state index contributed by atoms with van der Waals surface area (Å²) in [6.45, 7) is 8.64. The van der Waals surface area contributed by atoms with Crippen LogP contribution in [0.5, 0.6) is 0 Å². The number of hydrogen-bond acceptors (Lipinski definition) is 4. The molecule has 1 fully saturated rings. The Balaban J connectivity index is 0.00000364. The lowest BCUT2D eigenvalue weighted by Gasteiger charge is -2.36. The summed E-state index contributed by atoms with van der Waals surface area (Å²) in [5.74, 6) is 0.785. The van der Waals surface area contributed by atoms with Crippen LogP contribution in [0.25, 0.3) is 0 Å². The van der Waals surface area contributed by atoms with Crippen LogP contribution in [0, 0.1) is 0 Å². The van der Waals surface area contributed by atoms with Crippen LogP contribution in [0.1, 0.15) is 13.8 Å². The van der Waals surface area contributed by atoms with E-state index in [1.165, 1.54) is 5.69 Å². The number of para-hydroxylation sites is 1. The Hall–Kier alpha value is -1.16. The number of carbonyl (C=O) groups is 1. The van der Waals surface area contributed by atoms with Crippen LogP contribution in [0.4, 0.5) is 5.69 Å². The number of halogens is 1. The van der Waals surface area contributed by atoms with Crippen LogP contribution in [0.15, 0.2) is 35.3 Å². The molecule has 1 amide bonds. The maximum Gasteiger partial charge on any atom is 0.242 e. The van der Waals surface area contributed by atoms with Crippen molar-refractivity contribution < 1.29 is 4.79 Å². The van der Waals surface area contributed by atoms with Gasteiger partial charge in [-0.2, -0.15) is 11.8 Å². The predicted octanol–water partition coefficient (Wildman–Crippen LogP) is 2.26. The molecule has 0 radical (unpaired) electrons. The summed E-state index contributed by atoms with van der Waals surface area (Å²) in [5.41, 5.74) is 1.22. The Labute approximate surface area is 184 Å². The highest BCUT2D eigenvalue weighted by Gasteiger charge is 2.21. The number of thioether (sulfide) groups is 1. The van der Waals surface area contributed by atoms with Gasteiger partial charge in [-0.05, 0) is 32.2 Å². The van der Waals surface area contributed by atoms with Crippen molar-refractivity contribution in [2.24, 2.45) is 4.99 Å². The summed E-state index contributed by atoms with van der Waals surface area (Å²) in [6.07, 6.45) is 2.09. The first kappa shape index (κ1) is 23.9. The van der Waals surface area contributed by atoms with Gasteiger partial charge in [0, 0.05) is 50.2 Å². The topological polar surface area (TPSA) is 60.0 Å². The quantitative estimate of drug-likeness (QED) is 0.353. The molecule has 0 spiro atoms. The summed E-state index contributed by atoms with van der Waals surface area (Å²) < 4.78 is 0.120. The second-order valence-corrected chi connectivity index (χ2v) is 8.46. The zero-order valence-corrected chi connectivity index (χ0v) is 19.8. The van der Waals surface area contributed by atoms with Crippen LogP contribution in [-0.2, 0) is 4.79 Å². The van der Waals surface area contributed by atoms with Crippen LogP contribution >= 0.6 is 35.7 Å². The molecule has 0 bridgehead atoms. The highest BCUT2D eigenvalue weighted by molar-refractivity contribution is 14.0. The molecule has 8 heteroatoms. The Morgan fingerprint density at radius 3 is 2.33 bits per heavy atom. The smallest absolute Gasteiger partial charge is 0.242 e. The molecule has 0 aliphatic carbocycles. The van der Waals surface area contributed by atoms with Gasteiger partial charge in [-0.15, -0.1) is 24.0 Å². The predicted molar refractivity (Wildman–Crippen MR) is 128 cm³/mol. The van der Waals surface area contributed by atoms with Crippen molar-refractivity contribution in [2.75, 3.05) is 57.5 Å². The van der Waals surface area contributed by atoms with Crippen molar-refractivity contribution in [2.45, 2.75) is 18.6 Å². The highest BCUT2D eigenvalue weighted by Crippen LogP contribution is 2.19. The largest absolute Gasteiger partial charge is 0.368 e.